The zero-order valence-electron chi connectivity index (χ0n) is 53.2. The molecule has 0 saturated heterocycles. The molecule has 1 unspecified atom stereocenters. The van der Waals surface area contributed by atoms with Crippen molar-refractivity contribution in [1.29, 1.82) is 0 Å². The first kappa shape index (κ1) is 69.4. The van der Waals surface area contributed by atoms with Gasteiger partial charge in [-0.3, -0.25) is 0 Å². The Labute approximate surface area is 578 Å². The van der Waals surface area contributed by atoms with Crippen molar-refractivity contribution in [3.63, 3.8) is 0 Å². The Morgan fingerprint density at radius 3 is 1.28 bits per heavy atom. The number of carboxylic acids is 3. The molecule has 9 aromatic carbocycles. The van der Waals surface area contributed by atoms with E-state index >= 15 is 0 Å². The standard InChI is InChI=1S/C28H24O4S.C27H24O4S.C25H16F4O4S/c29-20-12-15-24-25(17-20)33-28(23-8-4-3-7-22(23)19-5-1-2-6-19)27(24)32-21-13-9-18(10-14-21)11-16-26(30)31;1-3-17(2)21-6-4-5-7-22(21)27-26(23-14-11-19(28)16-24(23)32-27)31-20-12-8-18(9-13-20)10-15-25(29)30;26-16-4-8-19(15(11-16)13-25(27,28)29)24-23(20-9-5-17(30)12-21(20)34-24)33-18-6-1-14(2-7-18)3-10-22(31)32/h3-4,7-17,19,29H,1-2,5-6H2,(H,30,31);4-17,28H,3H2,1-2H3,(H,29,30);1-12,30H,13H2,(H,31,32)/b16-11+;15-10+;10-3+. The number of phenolic OH excluding ortho intramolecular Hbond substituents is 3. The number of aromatic hydroxyl groups is 3. The Kier molecular flexibility index (Phi) is 21.7. The molecule has 3 aromatic heterocycles. The fraction of sp³-hybridized carbons (Fsp3) is 0.138. The summed E-state index contributed by atoms with van der Waals surface area (Å²) in [5.74, 6) is 1.08. The van der Waals surface area contributed by atoms with Gasteiger partial charge in [0.2, 0.25) is 0 Å². The van der Waals surface area contributed by atoms with Crippen LogP contribution in [0, 0.1) is 5.82 Å². The maximum absolute atomic E-state index is 13.8. The van der Waals surface area contributed by atoms with E-state index in [1.54, 1.807) is 89.4 Å². The SMILES string of the molecule is CCC(C)c1ccccc1-c1sc2cc(O)ccc2c1Oc1ccc(/C=C/C(=O)O)cc1.O=C(O)/C=C/c1ccc(Oc2c(-c3ccc(F)cc3CC(F)(F)F)sc3cc(O)ccc23)cc1.O=C(O)/C=C/c1ccc(Oc2c(-c3ccccc3C3CCCC3)sc3cc(O)ccc23)cc1. The smallest absolute Gasteiger partial charge is 0.393 e. The number of thiophene rings is 3. The van der Waals surface area contributed by atoms with Gasteiger partial charge in [0, 0.05) is 48.5 Å². The summed E-state index contributed by atoms with van der Waals surface area (Å²) in [7, 11) is 0. The van der Waals surface area contributed by atoms with Crippen LogP contribution >= 0.6 is 34.0 Å². The summed E-state index contributed by atoms with van der Waals surface area (Å²) >= 11 is 4.36. The molecule has 1 saturated carbocycles. The van der Waals surface area contributed by atoms with Crippen LogP contribution in [0.3, 0.4) is 0 Å². The number of phenols is 3. The van der Waals surface area contributed by atoms with Gasteiger partial charge >= 0.3 is 24.1 Å². The Bertz CT molecular complexity index is 5000. The van der Waals surface area contributed by atoms with E-state index in [2.05, 4.69) is 56.3 Å². The van der Waals surface area contributed by atoms with E-state index in [1.807, 2.05) is 66.7 Å². The average Bonchev–Trinajstić information content (AvgIpc) is 1.64. The summed E-state index contributed by atoms with van der Waals surface area (Å²) in [5, 5.41) is 58.8. The molecule has 1 aliphatic carbocycles. The molecule has 6 N–H and O–H groups in total. The van der Waals surface area contributed by atoms with Crippen molar-refractivity contribution < 1.29 is 76.8 Å². The molecule has 1 fully saturated rings. The third kappa shape index (κ3) is 17.4. The van der Waals surface area contributed by atoms with Crippen LogP contribution in [0.5, 0.6) is 51.7 Å². The second kappa shape index (κ2) is 31.0. The largest absolute Gasteiger partial charge is 0.508 e. The highest BCUT2D eigenvalue weighted by atomic mass is 32.1. The van der Waals surface area contributed by atoms with E-state index in [1.165, 1.54) is 66.6 Å². The van der Waals surface area contributed by atoms with E-state index in [-0.39, 0.29) is 34.1 Å². The minimum absolute atomic E-state index is 0.0176. The molecule has 1 aliphatic rings. The van der Waals surface area contributed by atoms with Crippen LogP contribution in [0.2, 0.25) is 0 Å². The lowest BCUT2D eigenvalue weighted by atomic mass is 9.92. The molecule has 0 bridgehead atoms. The maximum Gasteiger partial charge on any atom is 0.393 e. The first-order chi connectivity index (χ1) is 47.6. The molecule has 0 radical (unpaired) electrons. The number of hydrogen-bond acceptors (Lipinski definition) is 12. The molecule has 502 valence electrons. The second-order valence-corrected chi connectivity index (χ2v) is 26.6. The molecule has 0 spiro atoms. The molecule has 12 aromatic rings. The lowest BCUT2D eigenvalue weighted by Gasteiger charge is -2.16. The number of carboxylic acid groups (broad SMARTS) is 3. The van der Waals surface area contributed by atoms with E-state index in [0.29, 0.717) is 49.6 Å². The van der Waals surface area contributed by atoms with Crippen molar-refractivity contribution in [2.75, 3.05) is 0 Å². The van der Waals surface area contributed by atoms with Crippen molar-refractivity contribution in [1.82, 2.24) is 0 Å². The molecule has 1 atom stereocenters. The molecular formula is C80H64F4O12S3. The van der Waals surface area contributed by atoms with Crippen LogP contribution in [0.15, 0.2) is 212 Å². The maximum atomic E-state index is 13.8. The number of fused-ring (bicyclic) bond motifs is 3. The monoisotopic (exact) mass is 1390 g/mol. The van der Waals surface area contributed by atoms with E-state index in [9.17, 15) is 47.3 Å². The van der Waals surface area contributed by atoms with Crippen LogP contribution in [0.4, 0.5) is 17.6 Å². The van der Waals surface area contributed by atoms with Crippen molar-refractivity contribution in [3.05, 3.63) is 252 Å². The number of rotatable bonds is 19. The van der Waals surface area contributed by atoms with Crippen LogP contribution < -0.4 is 14.2 Å². The lowest BCUT2D eigenvalue weighted by Crippen LogP contribution is -2.12. The predicted molar refractivity (Wildman–Crippen MR) is 386 cm³/mol. The van der Waals surface area contributed by atoms with Crippen molar-refractivity contribution in [3.8, 4) is 83.1 Å². The van der Waals surface area contributed by atoms with Crippen LogP contribution in [-0.2, 0) is 20.8 Å². The fourth-order valence-corrected chi connectivity index (χ4v) is 15.3. The molecule has 13 rings (SSSR count). The van der Waals surface area contributed by atoms with Crippen LogP contribution in [-0.4, -0.2) is 54.7 Å². The van der Waals surface area contributed by atoms with Crippen molar-refractivity contribution >= 4 is 100 Å². The lowest BCUT2D eigenvalue weighted by molar-refractivity contribution is -0.132. The normalized spacial score (nSPS) is 12.8. The minimum Gasteiger partial charge on any atom is -0.508 e. The van der Waals surface area contributed by atoms with Gasteiger partial charge in [0.25, 0.3) is 0 Å². The number of ether oxygens (including phenoxy) is 3. The molecule has 0 aliphatic heterocycles. The fourth-order valence-electron chi connectivity index (χ4n) is 11.6. The number of halogens is 4. The zero-order chi connectivity index (χ0) is 69.9. The number of alkyl halides is 3. The summed E-state index contributed by atoms with van der Waals surface area (Å²) in [4.78, 5) is 34.6. The summed E-state index contributed by atoms with van der Waals surface area (Å²) in [6.45, 7) is 4.41. The molecule has 3 heterocycles. The Morgan fingerprint density at radius 1 is 0.495 bits per heavy atom. The summed E-state index contributed by atoms with van der Waals surface area (Å²) in [6.07, 6.45) is 7.86. The van der Waals surface area contributed by atoms with Gasteiger partial charge in [-0.05, 0) is 203 Å². The zero-order valence-corrected chi connectivity index (χ0v) is 55.7. The van der Waals surface area contributed by atoms with E-state index < -0.39 is 36.3 Å². The summed E-state index contributed by atoms with van der Waals surface area (Å²) in [5.41, 5.74) is 7.09. The second-order valence-electron chi connectivity index (χ2n) is 23.4. The topological polar surface area (TPSA) is 200 Å². The molecule has 0 amide bonds. The summed E-state index contributed by atoms with van der Waals surface area (Å²) < 4.78 is 74.8. The van der Waals surface area contributed by atoms with Gasteiger partial charge in [0.1, 0.15) is 40.3 Å². The number of benzene rings is 9. The van der Waals surface area contributed by atoms with Crippen LogP contribution in [0.1, 0.15) is 91.2 Å². The van der Waals surface area contributed by atoms with Gasteiger partial charge in [-0.25, -0.2) is 18.8 Å². The highest BCUT2D eigenvalue weighted by Gasteiger charge is 2.31. The van der Waals surface area contributed by atoms with Crippen molar-refractivity contribution in [2.24, 2.45) is 0 Å². The van der Waals surface area contributed by atoms with Gasteiger partial charge in [-0.15, -0.1) is 34.0 Å². The molecule has 12 nitrogen and oxygen atoms in total. The number of carbonyl (C=O) groups is 3. The summed E-state index contributed by atoms with van der Waals surface area (Å²) in [6, 6.07) is 56.5. The minimum atomic E-state index is -4.54. The van der Waals surface area contributed by atoms with Gasteiger partial charge < -0.3 is 44.8 Å². The quantitative estimate of drug-likeness (QED) is 0.0331. The molecular weight excluding hydrogens is 1330 g/mol. The average molecular weight is 1390 g/mol. The Hall–Kier alpha value is -11.0. The third-order valence-corrected chi connectivity index (χ3v) is 20.0. The predicted octanol–water partition coefficient (Wildman–Crippen LogP) is 22.9. The van der Waals surface area contributed by atoms with Gasteiger partial charge in [-0.2, -0.15) is 13.2 Å². The van der Waals surface area contributed by atoms with E-state index in [4.69, 9.17) is 29.5 Å². The third-order valence-electron chi connectivity index (χ3n) is 16.5. The molecule has 19 heteroatoms. The van der Waals surface area contributed by atoms with Gasteiger partial charge in [0.05, 0.1) is 21.1 Å². The number of hydrogen-bond donors (Lipinski definition) is 6. The first-order valence-corrected chi connectivity index (χ1v) is 34.0. The van der Waals surface area contributed by atoms with Gasteiger partial charge in [-0.1, -0.05) is 118 Å². The molecule has 99 heavy (non-hydrogen) atoms. The highest BCUT2D eigenvalue weighted by Crippen LogP contribution is 2.53. The Morgan fingerprint density at radius 2 is 0.879 bits per heavy atom. The highest BCUT2D eigenvalue weighted by molar-refractivity contribution is 7.23. The van der Waals surface area contributed by atoms with E-state index in [0.717, 1.165) is 106 Å². The van der Waals surface area contributed by atoms with Crippen LogP contribution in [0.25, 0.3) is 79.8 Å². The number of aliphatic carboxylic acids is 3. The Balaban J connectivity index is 0.000000150. The van der Waals surface area contributed by atoms with Gasteiger partial charge in [0.15, 0.2) is 17.2 Å². The van der Waals surface area contributed by atoms with Crippen molar-refractivity contribution in [2.45, 2.75) is 70.4 Å². The first-order valence-electron chi connectivity index (χ1n) is 31.5.